The molecule has 2 heteroatoms. The summed E-state index contributed by atoms with van der Waals surface area (Å²) in [6, 6.07) is 10.4. The summed E-state index contributed by atoms with van der Waals surface area (Å²) < 4.78 is 0. The van der Waals surface area contributed by atoms with E-state index in [9.17, 15) is 0 Å². The zero-order valence-electron chi connectivity index (χ0n) is 10.7. The Morgan fingerprint density at radius 1 is 1.29 bits per heavy atom. The first-order chi connectivity index (χ1) is 8.33. The van der Waals surface area contributed by atoms with Gasteiger partial charge in [0.2, 0.25) is 0 Å². The summed E-state index contributed by atoms with van der Waals surface area (Å²) in [5, 5.41) is 3.64. The summed E-state index contributed by atoms with van der Waals surface area (Å²) in [6.45, 7) is 5.84. The molecule has 1 heterocycles. The quantitative estimate of drug-likeness (QED) is 0.853. The normalized spacial score (nSPS) is 22.2. The van der Waals surface area contributed by atoms with E-state index in [1.807, 2.05) is 0 Å². The SMILES string of the molecule is CC(CNC1CC1)N1CCc2ccccc2C1. The van der Waals surface area contributed by atoms with Gasteiger partial charge in [0.15, 0.2) is 0 Å². The molecule has 0 amide bonds. The van der Waals surface area contributed by atoms with Crippen LogP contribution in [0.3, 0.4) is 0 Å². The number of nitrogens with one attached hydrogen (secondary N) is 1. The zero-order chi connectivity index (χ0) is 11.7. The van der Waals surface area contributed by atoms with Gasteiger partial charge in [0.1, 0.15) is 0 Å². The second-order valence-corrected chi connectivity index (χ2v) is 5.52. The standard InChI is InChI=1S/C15H22N2/c1-12(10-16-15-6-7-15)17-9-8-13-4-2-3-5-14(13)11-17/h2-5,12,15-16H,6-11H2,1H3. The van der Waals surface area contributed by atoms with E-state index in [4.69, 9.17) is 0 Å². The van der Waals surface area contributed by atoms with E-state index in [0.29, 0.717) is 6.04 Å². The Labute approximate surface area is 104 Å². The molecule has 1 aromatic rings. The molecule has 1 aliphatic carbocycles. The van der Waals surface area contributed by atoms with E-state index in [1.54, 1.807) is 5.56 Å². The molecular weight excluding hydrogens is 208 g/mol. The number of hydrogen-bond acceptors (Lipinski definition) is 2. The van der Waals surface area contributed by atoms with E-state index in [1.165, 1.54) is 31.4 Å². The summed E-state index contributed by atoms with van der Waals surface area (Å²) in [5.41, 5.74) is 3.07. The van der Waals surface area contributed by atoms with Crippen molar-refractivity contribution in [3.63, 3.8) is 0 Å². The fraction of sp³-hybridized carbons (Fsp3) is 0.600. The minimum atomic E-state index is 0.656. The van der Waals surface area contributed by atoms with Gasteiger partial charge in [-0.2, -0.15) is 0 Å². The van der Waals surface area contributed by atoms with Gasteiger partial charge >= 0.3 is 0 Å². The van der Waals surface area contributed by atoms with Crippen LogP contribution in [0, 0.1) is 0 Å². The average molecular weight is 230 g/mol. The minimum absolute atomic E-state index is 0.656. The summed E-state index contributed by atoms with van der Waals surface area (Å²) >= 11 is 0. The summed E-state index contributed by atoms with van der Waals surface area (Å²) in [6.07, 6.45) is 3.98. The molecule has 1 aliphatic heterocycles. The molecule has 1 unspecified atom stereocenters. The Morgan fingerprint density at radius 2 is 2.06 bits per heavy atom. The second kappa shape index (κ2) is 4.79. The van der Waals surface area contributed by atoms with Crippen molar-refractivity contribution in [2.75, 3.05) is 13.1 Å². The third kappa shape index (κ3) is 2.70. The average Bonchev–Trinajstić information content (AvgIpc) is 3.19. The molecule has 2 aliphatic rings. The molecule has 92 valence electrons. The minimum Gasteiger partial charge on any atom is -0.312 e. The van der Waals surface area contributed by atoms with Crippen molar-refractivity contribution in [3.8, 4) is 0 Å². The molecule has 1 N–H and O–H groups in total. The number of fused-ring (bicyclic) bond motifs is 1. The largest absolute Gasteiger partial charge is 0.312 e. The van der Waals surface area contributed by atoms with Gasteiger partial charge in [-0.3, -0.25) is 4.90 Å². The predicted octanol–water partition coefficient (Wildman–Crippen LogP) is 2.19. The Bertz CT molecular complexity index is 384. The Kier molecular flexibility index (Phi) is 3.17. The summed E-state index contributed by atoms with van der Waals surface area (Å²) in [7, 11) is 0. The van der Waals surface area contributed by atoms with Crippen molar-refractivity contribution in [1.82, 2.24) is 10.2 Å². The summed E-state index contributed by atoms with van der Waals surface area (Å²) in [4.78, 5) is 2.61. The molecule has 1 saturated carbocycles. The number of benzene rings is 1. The molecule has 3 rings (SSSR count). The van der Waals surface area contributed by atoms with Crippen molar-refractivity contribution in [2.45, 2.75) is 44.8 Å². The van der Waals surface area contributed by atoms with Crippen LogP contribution in [0.25, 0.3) is 0 Å². The van der Waals surface area contributed by atoms with E-state index in [2.05, 4.69) is 41.4 Å². The van der Waals surface area contributed by atoms with Crippen LogP contribution in [-0.4, -0.2) is 30.1 Å². The maximum Gasteiger partial charge on any atom is 0.0239 e. The highest BCUT2D eigenvalue weighted by molar-refractivity contribution is 5.29. The van der Waals surface area contributed by atoms with E-state index in [-0.39, 0.29) is 0 Å². The predicted molar refractivity (Wildman–Crippen MR) is 71.0 cm³/mol. The lowest BCUT2D eigenvalue weighted by Crippen LogP contribution is -2.43. The first-order valence-corrected chi connectivity index (χ1v) is 6.87. The Balaban J connectivity index is 1.58. The fourth-order valence-corrected chi connectivity index (χ4v) is 2.65. The summed E-state index contributed by atoms with van der Waals surface area (Å²) in [5.74, 6) is 0. The topological polar surface area (TPSA) is 15.3 Å². The van der Waals surface area contributed by atoms with Crippen LogP contribution >= 0.6 is 0 Å². The van der Waals surface area contributed by atoms with Gasteiger partial charge in [0, 0.05) is 31.7 Å². The zero-order valence-corrected chi connectivity index (χ0v) is 10.7. The third-order valence-electron chi connectivity index (χ3n) is 4.06. The fourth-order valence-electron chi connectivity index (χ4n) is 2.65. The molecule has 17 heavy (non-hydrogen) atoms. The lowest BCUT2D eigenvalue weighted by molar-refractivity contribution is 0.186. The van der Waals surface area contributed by atoms with Crippen LogP contribution in [0.4, 0.5) is 0 Å². The molecule has 0 aromatic heterocycles. The van der Waals surface area contributed by atoms with Crippen molar-refractivity contribution in [3.05, 3.63) is 35.4 Å². The molecule has 0 spiro atoms. The van der Waals surface area contributed by atoms with Crippen LogP contribution in [0.1, 0.15) is 30.9 Å². The number of hydrogen-bond donors (Lipinski definition) is 1. The van der Waals surface area contributed by atoms with Gasteiger partial charge in [-0.05, 0) is 37.3 Å². The van der Waals surface area contributed by atoms with Gasteiger partial charge in [0.25, 0.3) is 0 Å². The lowest BCUT2D eigenvalue weighted by Gasteiger charge is -2.33. The van der Waals surface area contributed by atoms with Gasteiger partial charge in [-0.1, -0.05) is 24.3 Å². The number of nitrogens with zero attached hydrogens (tertiary/aromatic N) is 1. The van der Waals surface area contributed by atoms with Crippen LogP contribution in [-0.2, 0) is 13.0 Å². The highest BCUT2D eigenvalue weighted by atomic mass is 15.2. The highest BCUT2D eigenvalue weighted by Gasteiger charge is 2.24. The molecule has 0 saturated heterocycles. The van der Waals surface area contributed by atoms with Crippen LogP contribution in [0.5, 0.6) is 0 Å². The third-order valence-corrected chi connectivity index (χ3v) is 4.06. The Hall–Kier alpha value is -0.860. The molecule has 2 nitrogen and oxygen atoms in total. The number of rotatable bonds is 4. The van der Waals surface area contributed by atoms with Gasteiger partial charge in [0.05, 0.1) is 0 Å². The lowest BCUT2D eigenvalue weighted by atomic mass is 9.99. The monoisotopic (exact) mass is 230 g/mol. The van der Waals surface area contributed by atoms with Crippen molar-refractivity contribution < 1.29 is 0 Å². The molecule has 1 aromatic carbocycles. The first kappa shape index (κ1) is 11.2. The molecular formula is C15H22N2. The molecule has 1 atom stereocenters. The van der Waals surface area contributed by atoms with Crippen molar-refractivity contribution in [2.24, 2.45) is 0 Å². The molecule has 0 radical (unpaired) electrons. The Morgan fingerprint density at radius 3 is 2.82 bits per heavy atom. The second-order valence-electron chi connectivity index (χ2n) is 5.52. The van der Waals surface area contributed by atoms with Crippen LogP contribution in [0.2, 0.25) is 0 Å². The van der Waals surface area contributed by atoms with E-state index < -0.39 is 0 Å². The smallest absolute Gasteiger partial charge is 0.0239 e. The van der Waals surface area contributed by atoms with Gasteiger partial charge in [-0.25, -0.2) is 0 Å². The first-order valence-electron chi connectivity index (χ1n) is 6.87. The van der Waals surface area contributed by atoms with Crippen molar-refractivity contribution >= 4 is 0 Å². The molecule has 0 bridgehead atoms. The van der Waals surface area contributed by atoms with Crippen molar-refractivity contribution in [1.29, 1.82) is 0 Å². The highest BCUT2D eigenvalue weighted by Crippen LogP contribution is 2.21. The van der Waals surface area contributed by atoms with Crippen LogP contribution < -0.4 is 5.32 Å². The van der Waals surface area contributed by atoms with E-state index >= 15 is 0 Å². The maximum atomic E-state index is 3.64. The van der Waals surface area contributed by atoms with E-state index in [0.717, 1.165) is 19.1 Å². The van der Waals surface area contributed by atoms with Gasteiger partial charge in [-0.15, -0.1) is 0 Å². The maximum absolute atomic E-state index is 3.64. The van der Waals surface area contributed by atoms with Crippen LogP contribution in [0.15, 0.2) is 24.3 Å². The van der Waals surface area contributed by atoms with Gasteiger partial charge < -0.3 is 5.32 Å². The molecule has 1 fully saturated rings.